The maximum Gasteiger partial charge on any atom is 0.228 e. The first-order valence-electron chi connectivity index (χ1n) is 7.19. The Morgan fingerprint density at radius 2 is 2.00 bits per heavy atom. The van der Waals surface area contributed by atoms with Crippen LogP contribution in [0.3, 0.4) is 0 Å². The molecular weight excluding hydrogens is 276 g/mol. The fourth-order valence-corrected chi connectivity index (χ4v) is 2.63. The summed E-state index contributed by atoms with van der Waals surface area (Å²) < 4.78 is 1.80. The van der Waals surface area contributed by atoms with Crippen molar-refractivity contribution in [2.45, 2.75) is 20.3 Å². The third-order valence-electron chi connectivity index (χ3n) is 3.90. The van der Waals surface area contributed by atoms with Crippen molar-refractivity contribution >= 4 is 22.5 Å². The minimum atomic E-state index is -0.0580. The molecule has 0 aliphatic heterocycles. The average molecular weight is 294 g/mol. The molecule has 112 valence electrons. The predicted molar refractivity (Wildman–Crippen MR) is 86.8 cm³/mol. The molecule has 0 spiro atoms. The second kappa shape index (κ2) is 5.60. The first-order valence-corrected chi connectivity index (χ1v) is 7.19. The molecule has 1 amide bonds. The molecule has 0 aliphatic rings. The Hall–Kier alpha value is -2.69. The number of rotatable bonds is 3. The number of para-hydroxylation sites is 1. The Balaban J connectivity index is 1.85. The van der Waals surface area contributed by atoms with E-state index in [9.17, 15) is 4.79 Å². The number of pyridine rings is 1. The number of anilines is 1. The molecule has 22 heavy (non-hydrogen) atoms. The molecule has 2 aromatic heterocycles. The number of aryl methyl sites for hydroxylation is 2. The summed E-state index contributed by atoms with van der Waals surface area (Å²) in [5.74, 6) is -0.0580. The molecule has 1 aromatic carbocycles. The van der Waals surface area contributed by atoms with Crippen LogP contribution in [0.1, 0.15) is 17.0 Å². The molecule has 2 heterocycles. The van der Waals surface area contributed by atoms with Gasteiger partial charge in [0.15, 0.2) is 0 Å². The molecule has 0 bridgehead atoms. The number of nitrogens with zero attached hydrogens (tertiary/aromatic N) is 3. The van der Waals surface area contributed by atoms with E-state index in [2.05, 4.69) is 15.4 Å². The van der Waals surface area contributed by atoms with Gasteiger partial charge >= 0.3 is 0 Å². The van der Waals surface area contributed by atoms with Gasteiger partial charge in [0.25, 0.3) is 0 Å². The van der Waals surface area contributed by atoms with Gasteiger partial charge in [0.05, 0.1) is 23.3 Å². The lowest BCUT2D eigenvalue weighted by Crippen LogP contribution is -2.15. The normalized spacial score (nSPS) is 10.9. The number of amides is 1. The predicted octanol–water partition coefficient (Wildman–Crippen LogP) is 2.77. The fraction of sp³-hybridized carbons (Fsp3) is 0.235. The van der Waals surface area contributed by atoms with Crippen LogP contribution in [0.5, 0.6) is 0 Å². The minimum Gasteiger partial charge on any atom is -0.324 e. The zero-order chi connectivity index (χ0) is 15.7. The molecule has 0 saturated carbocycles. The van der Waals surface area contributed by atoms with Gasteiger partial charge in [-0.25, -0.2) is 0 Å². The monoisotopic (exact) mass is 294 g/mol. The smallest absolute Gasteiger partial charge is 0.228 e. The minimum absolute atomic E-state index is 0.0580. The Morgan fingerprint density at radius 3 is 2.73 bits per heavy atom. The largest absolute Gasteiger partial charge is 0.324 e. The highest BCUT2D eigenvalue weighted by atomic mass is 16.1. The van der Waals surface area contributed by atoms with Crippen molar-refractivity contribution in [3.05, 3.63) is 53.5 Å². The molecule has 5 nitrogen and oxygen atoms in total. The van der Waals surface area contributed by atoms with Crippen molar-refractivity contribution in [2.24, 2.45) is 7.05 Å². The number of carbonyl (C=O) groups is 1. The Bertz CT molecular complexity index is 846. The van der Waals surface area contributed by atoms with Crippen LogP contribution in [0.2, 0.25) is 0 Å². The second-order valence-electron chi connectivity index (χ2n) is 5.38. The summed E-state index contributed by atoms with van der Waals surface area (Å²) in [6.07, 6.45) is 2.04. The lowest BCUT2D eigenvalue weighted by atomic mass is 10.1. The maximum atomic E-state index is 12.4. The average Bonchev–Trinajstić information content (AvgIpc) is 2.74. The number of benzene rings is 1. The van der Waals surface area contributed by atoms with Crippen molar-refractivity contribution in [1.82, 2.24) is 14.8 Å². The molecule has 0 atom stereocenters. The highest BCUT2D eigenvalue weighted by Gasteiger charge is 2.14. The standard InChI is InChI=1S/C17H18N4O/c1-11-14(12(2)21(3)20-11)10-16(22)19-15-8-4-6-13-7-5-9-18-17(13)15/h4-9H,10H2,1-3H3,(H,19,22). The number of carbonyl (C=O) groups excluding carboxylic acids is 1. The van der Waals surface area contributed by atoms with Crippen LogP contribution in [0, 0.1) is 13.8 Å². The third-order valence-corrected chi connectivity index (χ3v) is 3.90. The molecule has 0 unspecified atom stereocenters. The van der Waals surface area contributed by atoms with Gasteiger partial charge in [-0.3, -0.25) is 14.5 Å². The van der Waals surface area contributed by atoms with Gasteiger partial charge in [0, 0.05) is 29.9 Å². The fourth-order valence-electron chi connectivity index (χ4n) is 2.63. The van der Waals surface area contributed by atoms with Gasteiger partial charge in [0.2, 0.25) is 5.91 Å². The second-order valence-corrected chi connectivity index (χ2v) is 5.38. The molecule has 0 aliphatic carbocycles. The quantitative estimate of drug-likeness (QED) is 0.808. The van der Waals surface area contributed by atoms with Gasteiger partial charge < -0.3 is 5.32 Å². The summed E-state index contributed by atoms with van der Waals surface area (Å²) in [4.78, 5) is 16.7. The van der Waals surface area contributed by atoms with E-state index >= 15 is 0 Å². The van der Waals surface area contributed by atoms with Gasteiger partial charge in [-0.05, 0) is 26.0 Å². The SMILES string of the molecule is Cc1nn(C)c(C)c1CC(=O)Nc1cccc2cccnc12. The highest BCUT2D eigenvalue weighted by molar-refractivity contribution is 6.00. The summed E-state index contributed by atoms with van der Waals surface area (Å²) >= 11 is 0. The van der Waals surface area contributed by atoms with Crippen LogP contribution in [0.15, 0.2) is 36.5 Å². The van der Waals surface area contributed by atoms with Crippen LogP contribution in [-0.2, 0) is 18.3 Å². The van der Waals surface area contributed by atoms with E-state index in [4.69, 9.17) is 0 Å². The van der Waals surface area contributed by atoms with Gasteiger partial charge in [-0.15, -0.1) is 0 Å². The van der Waals surface area contributed by atoms with Crippen LogP contribution in [-0.4, -0.2) is 20.7 Å². The van der Waals surface area contributed by atoms with Crippen LogP contribution in [0.4, 0.5) is 5.69 Å². The molecule has 0 saturated heterocycles. The molecular formula is C17H18N4O. The summed E-state index contributed by atoms with van der Waals surface area (Å²) in [6.45, 7) is 3.90. The van der Waals surface area contributed by atoms with E-state index in [0.717, 1.165) is 33.5 Å². The molecule has 3 aromatic rings. The van der Waals surface area contributed by atoms with Gasteiger partial charge in [0.1, 0.15) is 0 Å². The van der Waals surface area contributed by atoms with E-state index in [-0.39, 0.29) is 5.91 Å². The Kier molecular flexibility index (Phi) is 3.63. The number of hydrogen-bond acceptors (Lipinski definition) is 3. The number of hydrogen-bond donors (Lipinski definition) is 1. The summed E-state index contributed by atoms with van der Waals surface area (Å²) in [7, 11) is 1.89. The van der Waals surface area contributed by atoms with Crippen molar-refractivity contribution < 1.29 is 4.79 Å². The zero-order valence-corrected chi connectivity index (χ0v) is 12.9. The molecule has 3 rings (SSSR count). The van der Waals surface area contributed by atoms with E-state index in [1.165, 1.54) is 0 Å². The van der Waals surface area contributed by atoms with E-state index in [0.29, 0.717) is 6.42 Å². The number of fused-ring (bicyclic) bond motifs is 1. The lowest BCUT2D eigenvalue weighted by molar-refractivity contribution is -0.115. The molecule has 0 fully saturated rings. The van der Waals surface area contributed by atoms with Crippen molar-refractivity contribution in [1.29, 1.82) is 0 Å². The molecule has 5 heteroatoms. The summed E-state index contributed by atoms with van der Waals surface area (Å²) in [5.41, 5.74) is 4.43. The lowest BCUT2D eigenvalue weighted by Gasteiger charge is -2.08. The number of nitrogens with one attached hydrogen (secondary N) is 1. The van der Waals surface area contributed by atoms with E-state index in [1.807, 2.05) is 51.2 Å². The molecule has 1 N–H and O–H groups in total. The molecule has 0 radical (unpaired) electrons. The van der Waals surface area contributed by atoms with Crippen molar-refractivity contribution in [2.75, 3.05) is 5.32 Å². The van der Waals surface area contributed by atoms with Crippen LogP contribution in [0.25, 0.3) is 10.9 Å². The first-order chi connectivity index (χ1) is 10.6. The third kappa shape index (κ3) is 2.57. The van der Waals surface area contributed by atoms with Crippen LogP contribution >= 0.6 is 0 Å². The first kappa shape index (κ1) is 14.3. The summed E-state index contributed by atoms with van der Waals surface area (Å²) in [5, 5.41) is 8.31. The Labute approximate surface area is 129 Å². The van der Waals surface area contributed by atoms with Crippen molar-refractivity contribution in [3.63, 3.8) is 0 Å². The van der Waals surface area contributed by atoms with Crippen molar-refractivity contribution in [3.8, 4) is 0 Å². The van der Waals surface area contributed by atoms with E-state index < -0.39 is 0 Å². The zero-order valence-electron chi connectivity index (χ0n) is 12.9. The van der Waals surface area contributed by atoms with E-state index in [1.54, 1.807) is 10.9 Å². The number of aromatic nitrogens is 3. The Morgan fingerprint density at radius 1 is 1.23 bits per heavy atom. The summed E-state index contributed by atoms with van der Waals surface area (Å²) in [6, 6.07) is 9.63. The van der Waals surface area contributed by atoms with Crippen LogP contribution < -0.4 is 5.32 Å². The van der Waals surface area contributed by atoms with Gasteiger partial charge in [-0.2, -0.15) is 5.10 Å². The maximum absolute atomic E-state index is 12.4. The van der Waals surface area contributed by atoms with Gasteiger partial charge in [-0.1, -0.05) is 18.2 Å². The highest BCUT2D eigenvalue weighted by Crippen LogP contribution is 2.21. The topological polar surface area (TPSA) is 59.8 Å².